The second kappa shape index (κ2) is 8.73. The van der Waals surface area contributed by atoms with Gasteiger partial charge in [0.2, 0.25) is 10.0 Å². The van der Waals surface area contributed by atoms with Crippen LogP contribution in [-0.2, 0) is 16.6 Å². The molecule has 0 radical (unpaired) electrons. The molecule has 0 spiro atoms. The quantitative estimate of drug-likeness (QED) is 0.729. The van der Waals surface area contributed by atoms with Crippen LogP contribution in [0.1, 0.15) is 45.6 Å². The fraction of sp³-hybridized carbons (Fsp3) is 0.600. The van der Waals surface area contributed by atoms with Gasteiger partial charge in [0.25, 0.3) is 0 Å². The van der Waals surface area contributed by atoms with Gasteiger partial charge in [-0.05, 0) is 43.1 Å². The molecule has 0 amide bonds. The number of rotatable bonds is 9. The van der Waals surface area contributed by atoms with Crippen molar-refractivity contribution in [2.24, 2.45) is 0 Å². The lowest BCUT2D eigenvalue weighted by molar-refractivity contribution is 0.512. The van der Waals surface area contributed by atoms with Gasteiger partial charge in [-0.3, -0.25) is 0 Å². The average Bonchev–Trinajstić information content (AvgIpc) is 2.45. The van der Waals surface area contributed by atoms with Crippen LogP contribution in [0.25, 0.3) is 0 Å². The molecule has 0 aliphatic heterocycles. The van der Waals surface area contributed by atoms with Crippen LogP contribution in [0, 0.1) is 0 Å². The summed E-state index contributed by atoms with van der Waals surface area (Å²) in [7, 11) is -3.49. The van der Waals surface area contributed by atoms with E-state index in [0.29, 0.717) is 11.6 Å². The molecular weight excluding hydrogens is 308 g/mol. The van der Waals surface area contributed by atoms with Crippen molar-refractivity contribution in [1.29, 1.82) is 0 Å². The SMILES string of the molecule is CCCC(CC)NS(=O)(=O)c1ccc(Cl)c(CNCC)c1. The van der Waals surface area contributed by atoms with Gasteiger partial charge in [-0.25, -0.2) is 13.1 Å². The Bertz CT molecular complexity index is 547. The monoisotopic (exact) mass is 332 g/mol. The molecule has 0 fully saturated rings. The van der Waals surface area contributed by atoms with Crippen molar-refractivity contribution in [2.75, 3.05) is 6.54 Å². The van der Waals surface area contributed by atoms with Crippen molar-refractivity contribution in [1.82, 2.24) is 10.0 Å². The largest absolute Gasteiger partial charge is 0.313 e. The second-order valence-corrected chi connectivity index (χ2v) is 7.17. The molecule has 21 heavy (non-hydrogen) atoms. The van der Waals surface area contributed by atoms with Crippen LogP contribution in [0.3, 0.4) is 0 Å². The van der Waals surface area contributed by atoms with Crippen molar-refractivity contribution >= 4 is 21.6 Å². The molecule has 0 heterocycles. The maximum Gasteiger partial charge on any atom is 0.240 e. The Labute approximate surface area is 133 Å². The Morgan fingerprint density at radius 3 is 2.52 bits per heavy atom. The molecule has 120 valence electrons. The predicted molar refractivity (Wildman–Crippen MR) is 88.1 cm³/mol. The molecule has 1 rings (SSSR count). The molecule has 1 atom stereocenters. The van der Waals surface area contributed by atoms with Gasteiger partial charge in [0, 0.05) is 17.6 Å². The molecule has 1 aromatic carbocycles. The summed E-state index contributed by atoms with van der Waals surface area (Å²) < 4.78 is 27.6. The average molecular weight is 333 g/mol. The summed E-state index contributed by atoms with van der Waals surface area (Å²) >= 11 is 6.11. The first-order valence-electron chi connectivity index (χ1n) is 7.46. The van der Waals surface area contributed by atoms with Gasteiger partial charge in [0.15, 0.2) is 0 Å². The van der Waals surface area contributed by atoms with Crippen LogP contribution in [-0.4, -0.2) is 21.0 Å². The van der Waals surface area contributed by atoms with Crippen molar-refractivity contribution < 1.29 is 8.42 Å². The van der Waals surface area contributed by atoms with E-state index in [-0.39, 0.29) is 10.9 Å². The summed E-state index contributed by atoms with van der Waals surface area (Å²) in [6.07, 6.45) is 2.58. The van der Waals surface area contributed by atoms with Crippen molar-refractivity contribution in [3.63, 3.8) is 0 Å². The van der Waals surface area contributed by atoms with Crippen LogP contribution >= 0.6 is 11.6 Å². The summed E-state index contributed by atoms with van der Waals surface area (Å²) in [6, 6.07) is 4.82. The fourth-order valence-electron chi connectivity index (χ4n) is 2.10. The van der Waals surface area contributed by atoms with E-state index in [2.05, 4.69) is 10.0 Å². The minimum atomic E-state index is -3.49. The van der Waals surface area contributed by atoms with Gasteiger partial charge in [-0.2, -0.15) is 0 Å². The second-order valence-electron chi connectivity index (χ2n) is 5.05. The zero-order valence-corrected chi connectivity index (χ0v) is 14.5. The Morgan fingerprint density at radius 1 is 1.24 bits per heavy atom. The molecule has 0 bridgehead atoms. The summed E-state index contributed by atoms with van der Waals surface area (Å²) in [5.41, 5.74) is 0.796. The highest BCUT2D eigenvalue weighted by Crippen LogP contribution is 2.21. The highest BCUT2D eigenvalue weighted by atomic mass is 35.5. The van der Waals surface area contributed by atoms with Gasteiger partial charge in [0.05, 0.1) is 4.90 Å². The molecule has 2 N–H and O–H groups in total. The molecule has 6 heteroatoms. The summed E-state index contributed by atoms with van der Waals surface area (Å²) in [6.45, 7) is 7.40. The third-order valence-electron chi connectivity index (χ3n) is 3.34. The molecular formula is C15H25ClN2O2S. The third kappa shape index (κ3) is 5.58. The van der Waals surface area contributed by atoms with Crippen LogP contribution < -0.4 is 10.0 Å². The van der Waals surface area contributed by atoms with E-state index in [1.165, 1.54) is 0 Å². The zero-order valence-electron chi connectivity index (χ0n) is 12.9. The highest BCUT2D eigenvalue weighted by molar-refractivity contribution is 7.89. The Balaban J connectivity index is 2.97. The standard InChI is InChI=1S/C15H25ClN2O2S/c1-4-7-13(5-2)18-21(19,20)14-8-9-15(16)12(10-14)11-17-6-3/h8-10,13,17-18H,4-7,11H2,1-3H3. The van der Waals surface area contributed by atoms with Gasteiger partial charge in [0.1, 0.15) is 0 Å². The first-order chi connectivity index (χ1) is 9.94. The zero-order chi connectivity index (χ0) is 15.9. The van der Waals surface area contributed by atoms with Crippen LogP contribution in [0.15, 0.2) is 23.1 Å². The third-order valence-corrected chi connectivity index (χ3v) is 5.23. The molecule has 1 unspecified atom stereocenters. The summed E-state index contributed by atoms with van der Waals surface area (Å²) in [5, 5.41) is 3.74. The number of hydrogen-bond acceptors (Lipinski definition) is 3. The number of sulfonamides is 1. The summed E-state index contributed by atoms with van der Waals surface area (Å²) in [5.74, 6) is 0. The van der Waals surface area contributed by atoms with E-state index in [1.54, 1.807) is 18.2 Å². The number of hydrogen-bond donors (Lipinski definition) is 2. The van der Waals surface area contributed by atoms with E-state index in [1.807, 2.05) is 20.8 Å². The number of nitrogens with one attached hydrogen (secondary N) is 2. The molecule has 0 aromatic heterocycles. The van der Waals surface area contributed by atoms with Crippen LogP contribution in [0.2, 0.25) is 5.02 Å². The maximum absolute atomic E-state index is 12.4. The van der Waals surface area contributed by atoms with Crippen LogP contribution in [0.5, 0.6) is 0 Å². The molecule has 0 saturated heterocycles. The van der Waals surface area contributed by atoms with Crippen molar-refractivity contribution in [3.8, 4) is 0 Å². The normalized spacial score (nSPS) is 13.3. The minimum absolute atomic E-state index is 0.0205. The lowest BCUT2D eigenvalue weighted by Gasteiger charge is -2.17. The summed E-state index contributed by atoms with van der Waals surface area (Å²) in [4.78, 5) is 0.273. The van der Waals surface area contributed by atoms with Crippen molar-refractivity contribution in [2.45, 2.75) is 57.5 Å². The van der Waals surface area contributed by atoms with Gasteiger partial charge in [-0.15, -0.1) is 0 Å². The van der Waals surface area contributed by atoms with Crippen molar-refractivity contribution in [3.05, 3.63) is 28.8 Å². The fourth-order valence-corrected chi connectivity index (χ4v) is 3.68. The van der Waals surface area contributed by atoms with Gasteiger partial charge >= 0.3 is 0 Å². The smallest absolute Gasteiger partial charge is 0.240 e. The first-order valence-corrected chi connectivity index (χ1v) is 9.32. The van der Waals surface area contributed by atoms with Gasteiger partial charge < -0.3 is 5.32 Å². The predicted octanol–water partition coefficient (Wildman–Crippen LogP) is 3.31. The first kappa shape index (κ1) is 18.4. The topological polar surface area (TPSA) is 58.2 Å². The minimum Gasteiger partial charge on any atom is -0.313 e. The van der Waals surface area contributed by atoms with E-state index >= 15 is 0 Å². The molecule has 0 saturated carbocycles. The Hall–Kier alpha value is -0.620. The lowest BCUT2D eigenvalue weighted by Crippen LogP contribution is -2.34. The van der Waals surface area contributed by atoms with E-state index in [4.69, 9.17) is 11.6 Å². The maximum atomic E-state index is 12.4. The van der Waals surface area contributed by atoms with E-state index in [9.17, 15) is 8.42 Å². The number of halogens is 1. The van der Waals surface area contributed by atoms with Crippen LogP contribution in [0.4, 0.5) is 0 Å². The van der Waals surface area contributed by atoms with E-state index in [0.717, 1.165) is 31.4 Å². The molecule has 0 aliphatic rings. The van der Waals surface area contributed by atoms with Gasteiger partial charge in [-0.1, -0.05) is 38.8 Å². The Morgan fingerprint density at radius 2 is 1.95 bits per heavy atom. The highest BCUT2D eigenvalue weighted by Gasteiger charge is 2.19. The number of benzene rings is 1. The molecule has 1 aromatic rings. The van der Waals surface area contributed by atoms with E-state index < -0.39 is 10.0 Å². The molecule has 4 nitrogen and oxygen atoms in total. The lowest BCUT2D eigenvalue weighted by atomic mass is 10.1. The molecule has 0 aliphatic carbocycles. The Kier molecular flexibility index (Phi) is 7.66.